The smallest absolute Gasteiger partial charge is 0.255 e. The van der Waals surface area contributed by atoms with E-state index in [0.717, 1.165) is 24.1 Å². The number of H-pyrrole nitrogens is 1. The highest BCUT2D eigenvalue weighted by Crippen LogP contribution is 2.34. The van der Waals surface area contributed by atoms with E-state index in [4.69, 9.17) is 0 Å². The zero-order valence-corrected chi connectivity index (χ0v) is 12.9. The molecule has 0 saturated heterocycles. The Morgan fingerprint density at radius 1 is 1.32 bits per heavy atom. The molecule has 2 N–H and O–H groups in total. The normalized spacial score (nSPS) is 17.1. The van der Waals surface area contributed by atoms with Crippen LogP contribution in [-0.4, -0.2) is 21.1 Å². The van der Waals surface area contributed by atoms with Gasteiger partial charge in [-0.1, -0.05) is 25.3 Å². The summed E-state index contributed by atoms with van der Waals surface area (Å²) in [5, 5.41) is 9.96. The van der Waals surface area contributed by atoms with Crippen LogP contribution in [0.4, 0.5) is 0 Å². The monoisotopic (exact) mass is 298 g/mol. The Hall–Kier alpha value is -2.17. The first-order valence-electron chi connectivity index (χ1n) is 7.96. The van der Waals surface area contributed by atoms with Crippen LogP contribution in [0.5, 0.6) is 0 Å². The maximum atomic E-state index is 12.6. The number of aryl methyl sites for hydroxylation is 1. The van der Waals surface area contributed by atoms with Crippen molar-refractivity contribution in [1.29, 1.82) is 0 Å². The average Bonchev–Trinajstić information content (AvgIpc) is 3.00. The summed E-state index contributed by atoms with van der Waals surface area (Å²) in [7, 11) is 0. The summed E-state index contributed by atoms with van der Waals surface area (Å²) >= 11 is 0. The molecule has 0 aromatic carbocycles. The third-order valence-electron chi connectivity index (χ3n) is 4.53. The van der Waals surface area contributed by atoms with E-state index in [-0.39, 0.29) is 11.9 Å². The van der Waals surface area contributed by atoms with E-state index in [9.17, 15) is 4.79 Å². The average molecular weight is 298 g/mol. The highest BCUT2D eigenvalue weighted by atomic mass is 16.1. The molecule has 0 unspecified atom stereocenters. The number of rotatable bonds is 4. The minimum Gasteiger partial charge on any atom is -0.345 e. The Labute approximate surface area is 130 Å². The van der Waals surface area contributed by atoms with Crippen molar-refractivity contribution in [2.45, 2.75) is 45.1 Å². The van der Waals surface area contributed by atoms with Crippen LogP contribution in [0.2, 0.25) is 0 Å². The van der Waals surface area contributed by atoms with Crippen molar-refractivity contribution in [2.75, 3.05) is 0 Å². The predicted molar refractivity (Wildman–Crippen MR) is 84.3 cm³/mol. The maximum Gasteiger partial charge on any atom is 0.255 e. The predicted octanol–water partition coefficient (Wildman–Crippen LogP) is 3.16. The number of aromatic nitrogens is 3. The molecule has 1 fully saturated rings. The fourth-order valence-corrected chi connectivity index (χ4v) is 3.30. The highest BCUT2D eigenvalue weighted by Gasteiger charge is 2.27. The summed E-state index contributed by atoms with van der Waals surface area (Å²) in [5.74, 6) is 0.416. The van der Waals surface area contributed by atoms with Crippen LogP contribution in [0.1, 0.15) is 59.8 Å². The van der Waals surface area contributed by atoms with Gasteiger partial charge in [-0.15, -0.1) is 0 Å². The Balaban J connectivity index is 1.82. The van der Waals surface area contributed by atoms with Gasteiger partial charge in [0, 0.05) is 18.1 Å². The third kappa shape index (κ3) is 3.18. The minimum absolute atomic E-state index is 0.0239. The van der Waals surface area contributed by atoms with Crippen LogP contribution in [0.25, 0.3) is 0 Å². The van der Waals surface area contributed by atoms with E-state index in [1.165, 1.54) is 19.3 Å². The summed E-state index contributed by atoms with van der Waals surface area (Å²) in [6.07, 6.45) is 11.3. The molecule has 0 aliphatic heterocycles. The fraction of sp³-hybridized carbons (Fsp3) is 0.471. The molecule has 5 nitrogen and oxygen atoms in total. The number of nitrogens with one attached hydrogen (secondary N) is 2. The molecule has 5 heteroatoms. The van der Waals surface area contributed by atoms with Gasteiger partial charge >= 0.3 is 0 Å². The first kappa shape index (κ1) is 14.8. The van der Waals surface area contributed by atoms with Gasteiger partial charge < -0.3 is 5.32 Å². The molecule has 2 aromatic heterocycles. The van der Waals surface area contributed by atoms with Gasteiger partial charge in [0.2, 0.25) is 0 Å². The molecule has 1 aliphatic rings. The van der Waals surface area contributed by atoms with Gasteiger partial charge in [0.25, 0.3) is 5.91 Å². The van der Waals surface area contributed by atoms with Crippen LogP contribution in [0.3, 0.4) is 0 Å². The van der Waals surface area contributed by atoms with Gasteiger partial charge in [-0.05, 0) is 37.3 Å². The molecule has 2 aromatic rings. The van der Waals surface area contributed by atoms with Gasteiger partial charge in [0.05, 0.1) is 17.8 Å². The second-order valence-electron chi connectivity index (χ2n) is 6.04. The lowest BCUT2D eigenvalue weighted by molar-refractivity contribution is 0.0912. The number of amides is 1. The lowest BCUT2D eigenvalue weighted by atomic mass is 9.81. The van der Waals surface area contributed by atoms with E-state index < -0.39 is 0 Å². The fourth-order valence-electron chi connectivity index (χ4n) is 3.30. The summed E-state index contributed by atoms with van der Waals surface area (Å²) < 4.78 is 0. The molecule has 2 heterocycles. The Bertz CT molecular complexity index is 617. The van der Waals surface area contributed by atoms with Crippen LogP contribution in [-0.2, 0) is 0 Å². The number of carbonyl (C=O) groups excluding carboxylic acids is 1. The van der Waals surface area contributed by atoms with Gasteiger partial charge in [0.15, 0.2) is 0 Å². The second kappa shape index (κ2) is 6.73. The summed E-state index contributed by atoms with van der Waals surface area (Å²) in [5.41, 5.74) is 2.50. The number of hydrogen-bond donors (Lipinski definition) is 2. The Kier molecular flexibility index (Phi) is 4.51. The molecule has 22 heavy (non-hydrogen) atoms. The SMILES string of the molecule is Cc1[nH]ncc1C(=O)N[C@@H](c1cccnc1)C1CCCCC1. The van der Waals surface area contributed by atoms with Gasteiger partial charge in [-0.25, -0.2) is 0 Å². The summed E-state index contributed by atoms with van der Waals surface area (Å²) in [6.45, 7) is 1.86. The molecule has 0 radical (unpaired) electrons. The van der Waals surface area contributed by atoms with Crippen molar-refractivity contribution in [3.8, 4) is 0 Å². The van der Waals surface area contributed by atoms with E-state index in [0.29, 0.717) is 11.5 Å². The number of aromatic amines is 1. The first-order chi connectivity index (χ1) is 10.8. The van der Waals surface area contributed by atoms with Gasteiger partial charge in [-0.2, -0.15) is 5.10 Å². The Morgan fingerprint density at radius 3 is 2.77 bits per heavy atom. The maximum absolute atomic E-state index is 12.6. The largest absolute Gasteiger partial charge is 0.345 e. The van der Waals surface area contributed by atoms with Crippen LogP contribution in [0.15, 0.2) is 30.7 Å². The van der Waals surface area contributed by atoms with Crippen molar-refractivity contribution in [2.24, 2.45) is 5.92 Å². The molecule has 1 atom stereocenters. The van der Waals surface area contributed by atoms with Gasteiger partial charge in [-0.3, -0.25) is 14.9 Å². The lowest BCUT2D eigenvalue weighted by Gasteiger charge is -2.31. The summed E-state index contributed by atoms with van der Waals surface area (Å²) in [4.78, 5) is 16.8. The van der Waals surface area contributed by atoms with Crippen molar-refractivity contribution in [3.63, 3.8) is 0 Å². The van der Waals surface area contributed by atoms with Crippen LogP contribution in [0, 0.1) is 12.8 Å². The zero-order chi connectivity index (χ0) is 15.4. The molecular weight excluding hydrogens is 276 g/mol. The third-order valence-corrected chi connectivity index (χ3v) is 4.53. The molecule has 0 spiro atoms. The minimum atomic E-state index is -0.0642. The summed E-state index contributed by atoms with van der Waals surface area (Å²) in [6, 6.07) is 4.01. The number of nitrogens with zero attached hydrogens (tertiary/aromatic N) is 2. The van der Waals surface area contributed by atoms with E-state index in [2.05, 4.69) is 26.6 Å². The lowest BCUT2D eigenvalue weighted by Crippen LogP contribution is -2.34. The molecule has 116 valence electrons. The second-order valence-corrected chi connectivity index (χ2v) is 6.04. The van der Waals surface area contributed by atoms with Crippen molar-refractivity contribution >= 4 is 5.91 Å². The topological polar surface area (TPSA) is 70.7 Å². The molecular formula is C17H22N4O. The zero-order valence-electron chi connectivity index (χ0n) is 12.9. The number of hydrogen-bond acceptors (Lipinski definition) is 3. The quantitative estimate of drug-likeness (QED) is 0.910. The molecule has 3 rings (SSSR count). The number of pyridine rings is 1. The van der Waals surface area contributed by atoms with E-state index in [1.54, 1.807) is 12.4 Å². The van der Waals surface area contributed by atoms with Crippen molar-refractivity contribution in [1.82, 2.24) is 20.5 Å². The first-order valence-corrected chi connectivity index (χ1v) is 7.96. The van der Waals surface area contributed by atoms with Gasteiger partial charge in [0.1, 0.15) is 0 Å². The molecule has 1 aliphatic carbocycles. The Morgan fingerprint density at radius 2 is 2.14 bits per heavy atom. The standard InChI is InChI=1S/C17H22N4O/c1-12-15(11-19-21-12)17(22)20-16(13-6-3-2-4-7-13)14-8-5-9-18-10-14/h5,8-11,13,16H,2-4,6-7H2,1H3,(H,19,21)(H,20,22)/t16-/m1/s1. The molecule has 0 bridgehead atoms. The van der Waals surface area contributed by atoms with E-state index in [1.807, 2.05) is 19.2 Å². The van der Waals surface area contributed by atoms with Crippen molar-refractivity contribution in [3.05, 3.63) is 47.5 Å². The van der Waals surface area contributed by atoms with E-state index >= 15 is 0 Å². The van der Waals surface area contributed by atoms with Crippen LogP contribution >= 0.6 is 0 Å². The van der Waals surface area contributed by atoms with Crippen molar-refractivity contribution < 1.29 is 4.79 Å². The molecule has 1 saturated carbocycles. The molecule has 1 amide bonds. The highest BCUT2D eigenvalue weighted by molar-refractivity contribution is 5.95. The van der Waals surface area contributed by atoms with Crippen LogP contribution < -0.4 is 5.32 Å². The number of carbonyl (C=O) groups is 1.